The maximum absolute atomic E-state index is 6.34. The number of rotatable bonds is 8. The van der Waals surface area contributed by atoms with Gasteiger partial charge in [0.25, 0.3) is 0 Å². The van der Waals surface area contributed by atoms with Gasteiger partial charge in [0, 0.05) is 39.3 Å². The second-order valence-electron chi connectivity index (χ2n) is 14.8. The summed E-state index contributed by atoms with van der Waals surface area (Å²) in [5.41, 5.74) is 16.6. The molecule has 11 aromatic rings. The summed E-state index contributed by atoms with van der Waals surface area (Å²) in [5, 5.41) is 2.04. The van der Waals surface area contributed by atoms with Crippen molar-refractivity contribution in [3.8, 4) is 56.0 Å². The predicted octanol–water partition coefficient (Wildman–Crippen LogP) is 15.5. The molecule has 9 aromatic carbocycles. The van der Waals surface area contributed by atoms with E-state index in [4.69, 9.17) is 13.8 Å². The Kier molecular flexibility index (Phi) is 8.45. The van der Waals surface area contributed by atoms with Crippen LogP contribution in [0.3, 0.4) is 0 Å². The molecule has 0 N–H and O–H groups in total. The summed E-state index contributed by atoms with van der Waals surface area (Å²) in [6, 6.07) is 76.7. The number of furan rings is 1. The normalized spacial score (nSPS) is 11.4. The predicted molar refractivity (Wildman–Crippen MR) is 243 cm³/mol. The van der Waals surface area contributed by atoms with Gasteiger partial charge in [0.1, 0.15) is 16.7 Å². The van der Waals surface area contributed by atoms with Crippen molar-refractivity contribution in [3.05, 3.63) is 218 Å². The van der Waals surface area contributed by atoms with Gasteiger partial charge in [-0.2, -0.15) is 0 Å². The minimum atomic E-state index is 0.600. The molecule has 2 heterocycles. The fraction of sp³-hybridized carbons (Fsp3) is 0. The molecule has 0 amide bonds. The van der Waals surface area contributed by atoms with Crippen LogP contribution in [0.4, 0.5) is 17.1 Å². The lowest BCUT2D eigenvalue weighted by Gasteiger charge is -2.28. The van der Waals surface area contributed by atoms with Gasteiger partial charge in [-0.1, -0.05) is 152 Å². The van der Waals surface area contributed by atoms with Gasteiger partial charge < -0.3 is 13.7 Å². The summed E-state index contributed by atoms with van der Waals surface area (Å²) < 4.78 is 12.6. The molecule has 0 bridgehead atoms. The molecule has 278 valence electrons. The number of oxazole rings is 1. The van der Waals surface area contributed by atoms with E-state index in [9.17, 15) is 0 Å². The van der Waals surface area contributed by atoms with Crippen molar-refractivity contribution in [2.75, 3.05) is 4.90 Å². The number of aromatic nitrogens is 1. The van der Waals surface area contributed by atoms with Crippen molar-refractivity contribution in [2.24, 2.45) is 0 Å². The number of anilines is 3. The summed E-state index contributed by atoms with van der Waals surface area (Å²) in [6.45, 7) is 0. The second-order valence-corrected chi connectivity index (χ2v) is 14.8. The van der Waals surface area contributed by atoms with Crippen molar-refractivity contribution in [3.63, 3.8) is 0 Å². The van der Waals surface area contributed by atoms with E-state index in [0.29, 0.717) is 5.89 Å². The average Bonchev–Trinajstić information content (AvgIpc) is 3.90. The van der Waals surface area contributed by atoms with Crippen LogP contribution < -0.4 is 4.90 Å². The first-order chi connectivity index (χ1) is 29.2. The highest BCUT2D eigenvalue weighted by Crippen LogP contribution is 2.43. The molecule has 4 heteroatoms. The summed E-state index contributed by atoms with van der Waals surface area (Å²) in [6.07, 6.45) is 0. The van der Waals surface area contributed by atoms with Crippen LogP contribution >= 0.6 is 0 Å². The minimum absolute atomic E-state index is 0.600. The van der Waals surface area contributed by atoms with Gasteiger partial charge in [-0.15, -0.1) is 0 Å². The number of fused-ring (bicyclic) bond motifs is 4. The van der Waals surface area contributed by atoms with Crippen molar-refractivity contribution in [2.45, 2.75) is 0 Å². The quantitative estimate of drug-likeness (QED) is 0.155. The molecule has 0 aliphatic carbocycles. The summed E-state index contributed by atoms with van der Waals surface area (Å²) >= 11 is 0. The Morgan fingerprint density at radius 2 is 0.797 bits per heavy atom. The molecule has 0 saturated heterocycles. The molecule has 2 aromatic heterocycles. The first-order valence-electron chi connectivity index (χ1n) is 19.9. The van der Waals surface area contributed by atoms with Crippen LogP contribution in [0.5, 0.6) is 0 Å². The van der Waals surface area contributed by atoms with Crippen LogP contribution in [-0.2, 0) is 0 Å². The zero-order chi connectivity index (χ0) is 39.1. The van der Waals surface area contributed by atoms with Crippen LogP contribution in [-0.4, -0.2) is 4.98 Å². The van der Waals surface area contributed by atoms with Gasteiger partial charge >= 0.3 is 0 Å². The van der Waals surface area contributed by atoms with E-state index in [1.54, 1.807) is 0 Å². The Morgan fingerprint density at radius 1 is 0.322 bits per heavy atom. The van der Waals surface area contributed by atoms with Gasteiger partial charge in [0.2, 0.25) is 5.89 Å². The van der Waals surface area contributed by atoms with Crippen LogP contribution in [0.15, 0.2) is 227 Å². The van der Waals surface area contributed by atoms with Crippen molar-refractivity contribution in [1.82, 2.24) is 4.98 Å². The van der Waals surface area contributed by atoms with Crippen molar-refractivity contribution in [1.29, 1.82) is 0 Å². The molecule has 0 unspecified atom stereocenters. The highest BCUT2D eigenvalue weighted by molar-refractivity contribution is 6.10. The topological polar surface area (TPSA) is 42.4 Å². The standard InChI is InChI=1S/C55H36N2O2/c1-4-12-37(13-5-1)39-20-22-42(23-21-39)47-18-10-11-19-51(47)57(45-29-24-40(25-30-45)38-14-6-2-7-15-38)46-31-26-41(27-32-46)44-28-33-52-48(34-44)49-35-54-50(36-53(49)58-52)56-55(59-54)43-16-8-3-9-17-43/h1-36H. The molecule has 0 aliphatic heterocycles. The molecule has 0 saturated carbocycles. The van der Waals surface area contributed by atoms with E-state index in [2.05, 4.69) is 187 Å². The highest BCUT2D eigenvalue weighted by Gasteiger charge is 2.19. The van der Waals surface area contributed by atoms with Crippen LogP contribution in [0.1, 0.15) is 0 Å². The molecule has 0 radical (unpaired) electrons. The van der Waals surface area contributed by atoms with E-state index < -0.39 is 0 Å². The molecule has 4 nitrogen and oxygen atoms in total. The smallest absolute Gasteiger partial charge is 0.227 e. The van der Waals surface area contributed by atoms with E-state index in [1.165, 1.54) is 22.3 Å². The largest absolute Gasteiger partial charge is 0.456 e. The number of hydrogen-bond acceptors (Lipinski definition) is 4. The first-order valence-corrected chi connectivity index (χ1v) is 19.9. The molecule has 0 spiro atoms. The monoisotopic (exact) mass is 756 g/mol. The number of para-hydroxylation sites is 1. The SMILES string of the molecule is c1ccc(-c2ccc(-c3ccccc3N(c3ccc(-c4ccccc4)cc3)c3ccc(-c4ccc5oc6cc7nc(-c8ccccc8)oc7cc6c5c4)cc3)cc2)cc1. The summed E-state index contributed by atoms with van der Waals surface area (Å²) in [7, 11) is 0. The molecular weight excluding hydrogens is 721 g/mol. The third-order valence-corrected chi connectivity index (χ3v) is 11.1. The summed E-state index contributed by atoms with van der Waals surface area (Å²) in [4.78, 5) is 7.12. The molecule has 59 heavy (non-hydrogen) atoms. The van der Waals surface area contributed by atoms with Gasteiger partial charge in [-0.25, -0.2) is 4.98 Å². The van der Waals surface area contributed by atoms with Gasteiger partial charge in [-0.3, -0.25) is 0 Å². The number of hydrogen-bond donors (Lipinski definition) is 0. The Bertz CT molecular complexity index is 3220. The van der Waals surface area contributed by atoms with Gasteiger partial charge in [0.05, 0.1) is 5.69 Å². The van der Waals surface area contributed by atoms with E-state index >= 15 is 0 Å². The van der Waals surface area contributed by atoms with E-state index in [0.717, 1.165) is 77.9 Å². The average molecular weight is 757 g/mol. The van der Waals surface area contributed by atoms with E-state index in [1.807, 2.05) is 36.4 Å². The van der Waals surface area contributed by atoms with E-state index in [-0.39, 0.29) is 0 Å². The molecule has 0 atom stereocenters. The van der Waals surface area contributed by atoms with Crippen LogP contribution in [0, 0.1) is 0 Å². The lowest BCUT2D eigenvalue weighted by Crippen LogP contribution is -2.11. The van der Waals surface area contributed by atoms with Gasteiger partial charge in [0.15, 0.2) is 5.58 Å². The number of nitrogens with zero attached hydrogens (tertiary/aromatic N) is 2. The van der Waals surface area contributed by atoms with Crippen molar-refractivity contribution >= 4 is 50.1 Å². The molecule has 11 rings (SSSR count). The first kappa shape index (κ1) is 34.3. The second kappa shape index (κ2) is 14.5. The van der Waals surface area contributed by atoms with Crippen LogP contribution in [0.2, 0.25) is 0 Å². The Morgan fingerprint density at radius 3 is 1.42 bits per heavy atom. The maximum Gasteiger partial charge on any atom is 0.227 e. The third-order valence-electron chi connectivity index (χ3n) is 11.1. The molecular formula is C55H36N2O2. The Labute approximate surface area is 341 Å². The minimum Gasteiger partial charge on any atom is -0.456 e. The molecule has 0 aliphatic rings. The highest BCUT2D eigenvalue weighted by atomic mass is 16.4. The zero-order valence-electron chi connectivity index (χ0n) is 32.0. The lowest BCUT2D eigenvalue weighted by molar-refractivity contribution is 0.620. The third kappa shape index (κ3) is 6.43. The zero-order valence-corrected chi connectivity index (χ0v) is 32.0. The van der Waals surface area contributed by atoms with Crippen LogP contribution in [0.25, 0.3) is 89.0 Å². The number of benzene rings is 9. The Balaban J connectivity index is 0.973. The molecule has 0 fully saturated rings. The maximum atomic E-state index is 6.34. The fourth-order valence-corrected chi connectivity index (χ4v) is 8.13. The fourth-order valence-electron chi connectivity index (χ4n) is 8.13. The summed E-state index contributed by atoms with van der Waals surface area (Å²) in [5.74, 6) is 0.600. The van der Waals surface area contributed by atoms with Crippen molar-refractivity contribution < 1.29 is 8.83 Å². The van der Waals surface area contributed by atoms with Gasteiger partial charge in [-0.05, 0) is 99.6 Å². The lowest BCUT2D eigenvalue weighted by atomic mass is 9.98. The Hall–Kier alpha value is -7.95.